The van der Waals surface area contributed by atoms with Crippen LogP contribution in [0.5, 0.6) is 0 Å². The van der Waals surface area contributed by atoms with E-state index in [0.29, 0.717) is 16.8 Å². The van der Waals surface area contributed by atoms with E-state index in [-0.39, 0.29) is 0 Å². The van der Waals surface area contributed by atoms with Crippen LogP contribution in [0, 0.1) is 0 Å². The highest BCUT2D eigenvalue weighted by Gasteiger charge is 2.02. The normalized spacial score (nSPS) is 10.7. The Hall–Kier alpha value is -0.310. The predicted molar refractivity (Wildman–Crippen MR) is 68.1 cm³/mol. The van der Waals surface area contributed by atoms with Gasteiger partial charge in [-0.05, 0) is 12.5 Å². The van der Waals surface area contributed by atoms with Gasteiger partial charge in [0.15, 0.2) is 0 Å². The summed E-state index contributed by atoms with van der Waals surface area (Å²) in [6.45, 7) is 3.48. The molecule has 0 saturated carbocycles. The summed E-state index contributed by atoms with van der Waals surface area (Å²) in [7, 11) is 0. The van der Waals surface area contributed by atoms with E-state index < -0.39 is 0 Å². The van der Waals surface area contributed by atoms with Gasteiger partial charge in [0, 0.05) is 18.4 Å². The van der Waals surface area contributed by atoms with Crippen LogP contribution in [0.4, 0.5) is 0 Å². The monoisotopic (exact) mass is 261 g/mol. The maximum Gasteiger partial charge on any atom is 0.130 e. The Kier molecular flexibility index (Phi) is 6.78. The Balaban J connectivity index is 2.21. The van der Waals surface area contributed by atoms with Crippen LogP contribution in [0.25, 0.3) is 0 Å². The van der Waals surface area contributed by atoms with Crippen molar-refractivity contribution in [1.29, 1.82) is 0 Å². The highest BCUT2D eigenvalue weighted by Crippen LogP contribution is 2.19. The lowest BCUT2D eigenvalue weighted by molar-refractivity contribution is 0.116. The van der Waals surface area contributed by atoms with Crippen LogP contribution in [0.2, 0.25) is 10.2 Å². The molecule has 0 bridgehead atoms. The second-order valence-electron chi connectivity index (χ2n) is 3.71. The third-order valence-corrected chi connectivity index (χ3v) is 2.85. The number of nitrogens with zero attached hydrogens (tertiary/aromatic N) is 1. The highest BCUT2D eigenvalue weighted by molar-refractivity contribution is 6.34. The van der Waals surface area contributed by atoms with Crippen molar-refractivity contribution in [3.63, 3.8) is 0 Å². The molecule has 0 atom stereocenters. The summed E-state index contributed by atoms with van der Waals surface area (Å²) in [5.74, 6) is 0. The van der Waals surface area contributed by atoms with Gasteiger partial charge in [-0.1, -0.05) is 49.4 Å². The molecule has 2 nitrogen and oxygen atoms in total. The minimum absolute atomic E-state index is 0.414. The van der Waals surface area contributed by atoms with Gasteiger partial charge in [0.1, 0.15) is 5.15 Å². The van der Waals surface area contributed by atoms with Gasteiger partial charge in [-0.3, -0.25) is 0 Å². The topological polar surface area (TPSA) is 22.1 Å². The molecule has 0 N–H and O–H groups in total. The molecule has 1 heterocycles. The number of hydrogen-bond donors (Lipinski definition) is 0. The maximum absolute atomic E-state index is 5.99. The van der Waals surface area contributed by atoms with E-state index >= 15 is 0 Å². The van der Waals surface area contributed by atoms with Gasteiger partial charge >= 0.3 is 0 Å². The number of pyridine rings is 1. The van der Waals surface area contributed by atoms with Crippen LogP contribution in [0.3, 0.4) is 0 Å². The minimum atomic E-state index is 0.414. The van der Waals surface area contributed by atoms with E-state index in [4.69, 9.17) is 27.9 Å². The van der Waals surface area contributed by atoms with Crippen LogP contribution in [0.1, 0.15) is 38.2 Å². The molecule has 0 fully saturated rings. The second-order valence-corrected chi connectivity index (χ2v) is 4.51. The summed E-state index contributed by atoms with van der Waals surface area (Å²) in [6, 6.07) is 1.64. The number of ether oxygens (including phenoxy) is 1. The molecule has 16 heavy (non-hydrogen) atoms. The average Bonchev–Trinajstić information content (AvgIpc) is 2.26. The summed E-state index contributed by atoms with van der Waals surface area (Å²) in [4.78, 5) is 3.97. The van der Waals surface area contributed by atoms with E-state index in [1.54, 1.807) is 12.3 Å². The molecule has 1 rings (SSSR count). The van der Waals surface area contributed by atoms with Crippen LogP contribution in [-0.4, -0.2) is 11.6 Å². The van der Waals surface area contributed by atoms with Crippen molar-refractivity contribution in [3.05, 3.63) is 28.0 Å². The highest BCUT2D eigenvalue weighted by atomic mass is 35.5. The largest absolute Gasteiger partial charge is 0.377 e. The van der Waals surface area contributed by atoms with Crippen molar-refractivity contribution in [1.82, 2.24) is 4.98 Å². The quantitative estimate of drug-likeness (QED) is 0.533. The number of rotatable bonds is 7. The second kappa shape index (κ2) is 7.88. The molecule has 0 aliphatic heterocycles. The van der Waals surface area contributed by atoms with Crippen molar-refractivity contribution in [3.8, 4) is 0 Å². The molecule has 0 amide bonds. The zero-order valence-corrected chi connectivity index (χ0v) is 11.0. The van der Waals surface area contributed by atoms with Crippen LogP contribution in [-0.2, 0) is 11.3 Å². The number of hydrogen-bond acceptors (Lipinski definition) is 2. The Morgan fingerprint density at radius 1 is 1.25 bits per heavy atom. The van der Waals surface area contributed by atoms with Gasteiger partial charge in [-0.25, -0.2) is 4.98 Å². The molecule has 0 aliphatic carbocycles. The molecule has 0 aliphatic rings. The maximum atomic E-state index is 5.99. The third-order valence-electron chi connectivity index (χ3n) is 2.30. The Labute approximate surface area is 107 Å². The van der Waals surface area contributed by atoms with Gasteiger partial charge < -0.3 is 4.74 Å². The SMILES string of the molecule is CCCCCCOCc1cnc(Cl)cc1Cl. The van der Waals surface area contributed by atoms with Gasteiger partial charge in [0.05, 0.1) is 11.6 Å². The molecule has 0 aromatic carbocycles. The number of unbranched alkanes of at least 4 members (excludes halogenated alkanes) is 3. The van der Waals surface area contributed by atoms with E-state index in [1.807, 2.05) is 0 Å². The summed E-state index contributed by atoms with van der Waals surface area (Å²) in [5, 5.41) is 1.03. The summed E-state index contributed by atoms with van der Waals surface area (Å²) in [6.07, 6.45) is 6.51. The first kappa shape index (κ1) is 13.8. The Bertz CT molecular complexity index is 318. The van der Waals surface area contributed by atoms with Crippen molar-refractivity contribution in [2.45, 2.75) is 39.2 Å². The van der Waals surface area contributed by atoms with Gasteiger partial charge in [-0.15, -0.1) is 0 Å². The molecular formula is C12H17Cl2NO. The zero-order valence-electron chi connectivity index (χ0n) is 9.51. The fraction of sp³-hybridized carbons (Fsp3) is 0.583. The molecule has 0 radical (unpaired) electrons. The van der Waals surface area contributed by atoms with Gasteiger partial charge in [0.25, 0.3) is 0 Å². The van der Waals surface area contributed by atoms with E-state index in [9.17, 15) is 0 Å². The minimum Gasteiger partial charge on any atom is -0.377 e. The van der Waals surface area contributed by atoms with E-state index in [2.05, 4.69) is 11.9 Å². The molecule has 0 unspecified atom stereocenters. The standard InChI is InChI=1S/C12H17Cl2NO/c1-2-3-4-5-6-16-9-10-8-15-12(14)7-11(10)13/h7-8H,2-6,9H2,1H3. The zero-order chi connectivity index (χ0) is 11.8. The molecule has 0 spiro atoms. The first-order valence-corrected chi connectivity index (χ1v) is 6.37. The van der Waals surface area contributed by atoms with Crippen molar-refractivity contribution >= 4 is 23.2 Å². The molecule has 1 aromatic heterocycles. The van der Waals surface area contributed by atoms with E-state index in [1.165, 1.54) is 19.3 Å². The van der Waals surface area contributed by atoms with Gasteiger partial charge in [0.2, 0.25) is 0 Å². The lowest BCUT2D eigenvalue weighted by atomic mass is 10.2. The molecule has 90 valence electrons. The van der Waals surface area contributed by atoms with Crippen molar-refractivity contribution in [2.24, 2.45) is 0 Å². The number of halogens is 2. The smallest absolute Gasteiger partial charge is 0.130 e. The first-order valence-electron chi connectivity index (χ1n) is 5.61. The van der Waals surface area contributed by atoms with Crippen LogP contribution >= 0.6 is 23.2 Å². The van der Waals surface area contributed by atoms with E-state index in [0.717, 1.165) is 18.6 Å². The molecule has 0 saturated heterocycles. The molecular weight excluding hydrogens is 245 g/mol. The Morgan fingerprint density at radius 3 is 2.75 bits per heavy atom. The summed E-state index contributed by atoms with van der Waals surface area (Å²) in [5.41, 5.74) is 0.890. The predicted octanol–water partition coefficient (Wildman–Crippen LogP) is 4.49. The van der Waals surface area contributed by atoms with Crippen molar-refractivity contribution in [2.75, 3.05) is 6.61 Å². The summed E-state index contributed by atoms with van der Waals surface area (Å²) < 4.78 is 5.52. The lowest BCUT2D eigenvalue weighted by Gasteiger charge is -2.05. The fourth-order valence-corrected chi connectivity index (χ4v) is 1.78. The lowest BCUT2D eigenvalue weighted by Crippen LogP contribution is -1.97. The average molecular weight is 262 g/mol. The molecule has 4 heteroatoms. The fourth-order valence-electron chi connectivity index (χ4n) is 1.36. The molecule has 1 aromatic rings. The van der Waals surface area contributed by atoms with Crippen LogP contribution in [0.15, 0.2) is 12.3 Å². The van der Waals surface area contributed by atoms with Crippen molar-refractivity contribution < 1.29 is 4.74 Å². The van der Waals surface area contributed by atoms with Gasteiger partial charge in [-0.2, -0.15) is 0 Å². The third kappa shape index (κ3) is 5.15. The number of aromatic nitrogens is 1. The van der Waals surface area contributed by atoms with Crippen LogP contribution < -0.4 is 0 Å². The Morgan fingerprint density at radius 2 is 2.06 bits per heavy atom. The first-order chi connectivity index (χ1) is 7.74. The summed E-state index contributed by atoms with van der Waals surface area (Å²) >= 11 is 11.7.